The molecule has 31 heavy (non-hydrogen) atoms. The van der Waals surface area contributed by atoms with Crippen molar-refractivity contribution < 1.29 is 29.6 Å². The molecule has 1 aromatic carbocycles. The highest BCUT2D eigenvalue weighted by atomic mass is 16.5. The van der Waals surface area contributed by atoms with Crippen LogP contribution in [0, 0.1) is 0 Å². The Bertz CT molecular complexity index is 772. The van der Waals surface area contributed by atoms with Gasteiger partial charge in [0.2, 0.25) is 0 Å². The van der Waals surface area contributed by atoms with E-state index in [2.05, 4.69) is 36.4 Å². The van der Waals surface area contributed by atoms with E-state index in [1.807, 2.05) is 29.1 Å². The van der Waals surface area contributed by atoms with Gasteiger partial charge in [-0.3, -0.25) is 4.68 Å². The number of aliphatic hydroxyl groups is 1. The molecule has 0 saturated heterocycles. The van der Waals surface area contributed by atoms with E-state index in [1.165, 1.54) is 5.56 Å². The molecule has 0 aliphatic heterocycles. The number of aromatic nitrogens is 2. The molecule has 0 saturated carbocycles. The first-order valence-corrected chi connectivity index (χ1v) is 10.0. The normalized spacial score (nSPS) is 11.7. The molecule has 0 aliphatic rings. The lowest BCUT2D eigenvalue weighted by molar-refractivity contribution is -0.134. The van der Waals surface area contributed by atoms with E-state index in [0.29, 0.717) is 31.3 Å². The van der Waals surface area contributed by atoms with Crippen LogP contribution in [0.25, 0.3) is 0 Å². The third kappa shape index (κ3) is 13.6. The number of aryl methyl sites for hydroxylation is 2. The molecule has 9 nitrogen and oxygen atoms in total. The summed E-state index contributed by atoms with van der Waals surface area (Å²) in [6.45, 7) is 5.89. The van der Waals surface area contributed by atoms with Crippen molar-refractivity contribution in [3.63, 3.8) is 0 Å². The van der Waals surface area contributed by atoms with Gasteiger partial charge in [-0.05, 0) is 36.6 Å². The van der Waals surface area contributed by atoms with Crippen LogP contribution >= 0.6 is 0 Å². The number of aliphatic carboxylic acids is 2. The topological polar surface area (TPSA) is 134 Å². The zero-order valence-corrected chi connectivity index (χ0v) is 17.8. The third-order valence-electron chi connectivity index (χ3n) is 3.91. The summed E-state index contributed by atoms with van der Waals surface area (Å²) in [5.74, 6) is -1.72. The molecular formula is C22H31N3O6. The second kappa shape index (κ2) is 14.8. The Balaban J connectivity index is 0.000000512. The number of benzene rings is 1. The molecule has 1 heterocycles. The van der Waals surface area contributed by atoms with Gasteiger partial charge < -0.3 is 25.4 Å². The van der Waals surface area contributed by atoms with Gasteiger partial charge in [-0.2, -0.15) is 5.10 Å². The minimum Gasteiger partial charge on any atom is -0.491 e. The van der Waals surface area contributed by atoms with Gasteiger partial charge in [0.05, 0.1) is 0 Å². The molecular weight excluding hydrogens is 402 g/mol. The Kier molecular flexibility index (Phi) is 12.3. The van der Waals surface area contributed by atoms with Gasteiger partial charge in [-0.25, -0.2) is 9.59 Å². The van der Waals surface area contributed by atoms with E-state index in [-0.39, 0.29) is 0 Å². The number of carboxylic acid groups (broad SMARTS) is 2. The fraction of sp³-hybridized carbons (Fsp3) is 0.409. The quantitative estimate of drug-likeness (QED) is 0.373. The molecule has 0 aliphatic carbocycles. The number of carbonyl (C=O) groups is 2. The van der Waals surface area contributed by atoms with Crippen molar-refractivity contribution in [2.75, 3.05) is 13.2 Å². The van der Waals surface area contributed by atoms with Gasteiger partial charge in [-0.15, -0.1) is 0 Å². The summed E-state index contributed by atoms with van der Waals surface area (Å²) in [5, 5.41) is 32.8. The van der Waals surface area contributed by atoms with Gasteiger partial charge in [0.15, 0.2) is 0 Å². The van der Waals surface area contributed by atoms with Crippen LogP contribution in [0.2, 0.25) is 0 Å². The van der Waals surface area contributed by atoms with E-state index in [0.717, 1.165) is 25.1 Å². The van der Waals surface area contributed by atoms with Crippen molar-refractivity contribution in [3.8, 4) is 5.75 Å². The summed E-state index contributed by atoms with van der Waals surface area (Å²) in [6, 6.07) is 10.4. The summed E-state index contributed by atoms with van der Waals surface area (Å²) in [4.78, 5) is 19.1. The maximum atomic E-state index is 9.82. The molecule has 2 aromatic rings. The number of nitrogens with zero attached hydrogens (tertiary/aromatic N) is 2. The molecule has 9 heteroatoms. The Labute approximate surface area is 182 Å². The van der Waals surface area contributed by atoms with Crippen LogP contribution in [0.5, 0.6) is 5.75 Å². The Morgan fingerprint density at radius 1 is 1.16 bits per heavy atom. The molecule has 1 atom stereocenters. The van der Waals surface area contributed by atoms with Gasteiger partial charge in [0, 0.05) is 43.7 Å². The van der Waals surface area contributed by atoms with Crippen molar-refractivity contribution in [2.45, 2.75) is 45.4 Å². The molecule has 170 valence electrons. The van der Waals surface area contributed by atoms with Crippen LogP contribution in [0.15, 0.2) is 54.9 Å². The van der Waals surface area contributed by atoms with Gasteiger partial charge in [0.1, 0.15) is 18.5 Å². The van der Waals surface area contributed by atoms with Crippen molar-refractivity contribution in [3.05, 3.63) is 60.4 Å². The van der Waals surface area contributed by atoms with E-state index in [9.17, 15) is 14.7 Å². The van der Waals surface area contributed by atoms with E-state index in [4.69, 9.17) is 14.9 Å². The van der Waals surface area contributed by atoms with Crippen LogP contribution in [0.3, 0.4) is 0 Å². The van der Waals surface area contributed by atoms with Gasteiger partial charge in [-0.1, -0.05) is 26.0 Å². The molecule has 0 radical (unpaired) electrons. The second-order valence-electron chi connectivity index (χ2n) is 7.05. The minimum atomic E-state index is -1.26. The molecule has 1 aromatic heterocycles. The average Bonchev–Trinajstić information content (AvgIpc) is 3.24. The SMILES string of the molecule is CC(C)NCC(O)COc1ccc(CCCn2cccn2)cc1.O=C(O)C=CC(=O)O. The summed E-state index contributed by atoms with van der Waals surface area (Å²) in [7, 11) is 0. The highest BCUT2D eigenvalue weighted by Crippen LogP contribution is 2.14. The molecule has 0 fully saturated rings. The van der Waals surface area contributed by atoms with Crippen molar-refractivity contribution in [2.24, 2.45) is 0 Å². The number of nitrogens with one attached hydrogen (secondary N) is 1. The minimum absolute atomic E-state index is 0.304. The fourth-order valence-corrected chi connectivity index (χ4v) is 2.40. The van der Waals surface area contributed by atoms with Crippen LogP contribution in [-0.4, -0.2) is 62.3 Å². The first-order valence-electron chi connectivity index (χ1n) is 10.0. The highest BCUT2D eigenvalue weighted by molar-refractivity contribution is 5.89. The molecule has 2 rings (SSSR count). The number of hydrogen-bond acceptors (Lipinski definition) is 6. The zero-order valence-electron chi connectivity index (χ0n) is 17.8. The Morgan fingerprint density at radius 3 is 2.32 bits per heavy atom. The third-order valence-corrected chi connectivity index (χ3v) is 3.91. The summed E-state index contributed by atoms with van der Waals surface area (Å²) >= 11 is 0. The van der Waals surface area contributed by atoms with Crippen LogP contribution in [0.1, 0.15) is 25.8 Å². The monoisotopic (exact) mass is 433 g/mol. The second-order valence-corrected chi connectivity index (χ2v) is 7.05. The number of hydrogen-bond donors (Lipinski definition) is 4. The lowest BCUT2D eigenvalue weighted by Gasteiger charge is -2.15. The first kappa shape index (κ1) is 25.9. The summed E-state index contributed by atoms with van der Waals surface area (Å²) < 4.78 is 7.56. The van der Waals surface area contributed by atoms with E-state index < -0.39 is 18.0 Å². The Morgan fingerprint density at radius 2 is 1.81 bits per heavy atom. The summed E-state index contributed by atoms with van der Waals surface area (Å²) in [5.41, 5.74) is 1.28. The van der Waals surface area contributed by atoms with Crippen molar-refractivity contribution in [1.82, 2.24) is 15.1 Å². The Hall–Kier alpha value is -3.17. The lowest BCUT2D eigenvalue weighted by Crippen LogP contribution is -2.35. The summed E-state index contributed by atoms with van der Waals surface area (Å²) in [6.07, 6.45) is 6.48. The first-order chi connectivity index (χ1) is 14.8. The highest BCUT2D eigenvalue weighted by Gasteiger charge is 2.06. The molecule has 1 unspecified atom stereocenters. The van der Waals surface area contributed by atoms with Gasteiger partial charge >= 0.3 is 11.9 Å². The maximum Gasteiger partial charge on any atom is 0.328 e. The standard InChI is InChI=1S/C18H27N3O2.C4H4O4/c1-15(2)19-13-17(22)14-23-18-8-6-16(7-9-18)5-3-11-21-12-4-10-20-21;5-3(6)1-2-4(7)8/h4,6-10,12,15,17,19,22H,3,5,11,13-14H2,1-2H3;1-2H,(H,5,6)(H,7,8). The number of ether oxygens (including phenoxy) is 1. The molecule has 0 spiro atoms. The van der Waals surface area contributed by atoms with Crippen LogP contribution in [0.4, 0.5) is 0 Å². The predicted molar refractivity (Wildman–Crippen MR) is 116 cm³/mol. The fourth-order valence-electron chi connectivity index (χ4n) is 2.40. The predicted octanol–water partition coefficient (Wildman–Crippen LogP) is 1.97. The average molecular weight is 434 g/mol. The molecule has 0 bridgehead atoms. The van der Waals surface area contributed by atoms with Crippen LogP contribution < -0.4 is 10.1 Å². The van der Waals surface area contributed by atoms with Crippen LogP contribution in [-0.2, 0) is 22.6 Å². The molecule has 0 amide bonds. The maximum absolute atomic E-state index is 9.82. The number of aliphatic hydroxyl groups excluding tert-OH is 1. The van der Waals surface area contributed by atoms with E-state index >= 15 is 0 Å². The molecule has 4 N–H and O–H groups in total. The van der Waals surface area contributed by atoms with Crippen molar-refractivity contribution >= 4 is 11.9 Å². The largest absolute Gasteiger partial charge is 0.491 e. The van der Waals surface area contributed by atoms with Gasteiger partial charge in [0.25, 0.3) is 0 Å². The number of carboxylic acids is 2. The number of rotatable bonds is 12. The lowest BCUT2D eigenvalue weighted by atomic mass is 10.1. The van der Waals surface area contributed by atoms with E-state index in [1.54, 1.807) is 6.20 Å². The smallest absolute Gasteiger partial charge is 0.328 e. The zero-order chi connectivity index (χ0) is 23.1. The van der Waals surface area contributed by atoms with Crippen molar-refractivity contribution in [1.29, 1.82) is 0 Å².